The first-order valence-corrected chi connectivity index (χ1v) is 9.30. The monoisotopic (exact) mass is 366 g/mol. The zero-order valence-corrected chi connectivity index (χ0v) is 15.5. The van der Waals surface area contributed by atoms with E-state index in [-0.39, 0.29) is 12.5 Å². The average molecular weight is 366 g/mol. The summed E-state index contributed by atoms with van der Waals surface area (Å²) < 4.78 is 11.2. The molecule has 1 aliphatic rings. The van der Waals surface area contributed by atoms with E-state index in [1.54, 1.807) is 4.90 Å². The molecule has 1 aliphatic carbocycles. The molecule has 0 radical (unpaired) electrons. The molecule has 3 aromatic rings. The van der Waals surface area contributed by atoms with Crippen LogP contribution in [0.25, 0.3) is 11.5 Å². The van der Waals surface area contributed by atoms with Gasteiger partial charge in [-0.25, -0.2) is 0 Å². The highest BCUT2D eigenvalue weighted by atomic mass is 16.5. The van der Waals surface area contributed by atoms with Crippen LogP contribution in [-0.2, 0) is 19.4 Å². The summed E-state index contributed by atoms with van der Waals surface area (Å²) in [5.41, 5.74) is 2.22. The van der Waals surface area contributed by atoms with Gasteiger partial charge in [0.05, 0.1) is 6.54 Å². The third-order valence-corrected chi connectivity index (χ3v) is 4.97. The number of aromatic nitrogens is 3. The van der Waals surface area contributed by atoms with E-state index >= 15 is 0 Å². The van der Waals surface area contributed by atoms with Crippen LogP contribution in [0.3, 0.4) is 0 Å². The van der Waals surface area contributed by atoms with Crippen LogP contribution in [0.2, 0.25) is 0 Å². The number of amides is 1. The molecule has 0 fully saturated rings. The summed E-state index contributed by atoms with van der Waals surface area (Å²) in [6.45, 7) is 4.86. The van der Waals surface area contributed by atoms with Crippen molar-refractivity contribution in [1.29, 1.82) is 0 Å². The standard InChI is InChI=1S/C20H22N4O3/c1-3-24(12-17-21-22-19(26-17)14-7-5-4-6-8-14)20(25)18-15-11-13(2)9-10-16(15)27-23-18/h4-8,13H,3,9-12H2,1-2H3. The third-order valence-electron chi connectivity index (χ3n) is 4.97. The normalized spacial score (nSPS) is 16.1. The molecule has 0 N–H and O–H groups in total. The van der Waals surface area contributed by atoms with Crippen molar-refractivity contribution in [3.05, 3.63) is 53.2 Å². The molecule has 27 heavy (non-hydrogen) atoms. The molecule has 1 unspecified atom stereocenters. The van der Waals surface area contributed by atoms with Gasteiger partial charge in [0.2, 0.25) is 11.8 Å². The van der Waals surface area contributed by atoms with Crippen LogP contribution in [0, 0.1) is 5.92 Å². The zero-order valence-electron chi connectivity index (χ0n) is 15.5. The summed E-state index contributed by atoms with van der Waals surface area (Å²) in [4.78, 5) is 14.7. The third kappa shape index (κ3) is 3.49. The molecule has 4 rings (SSSR count). The molecule has 0 saturated heterocycles. The van der Waals surface area contributed by atoms with E-state index in [2.05, 4.69) is 22.3 Å². The van der Waals surface area contributed by atoms with Gasteiger partial charge in [0.15, 0.2) is 5.69 Å². The Morgan fingerprint density at radius 3 is 2.85 bits per heavy atom. The fourth-order valence-electron chi connectivity index (χ4n) is 3.40. The number of nitrogens with zero attached hydrogens (tertiary/aromatic N) is 4. The molecule has 7 nitrogen and oxygen atoms in total. The van der Waals surface area contributed by atoms with E-state index in [4.69, 9.17) is 8.94 Å². The molecule has 0 bridgehead atoms. The largest absolute Gasteiger partial charge is 0.419 e. The first-order chi connectivity index (χ1) is 13.2. The van der Waals surface area contributed by atoms with Gasteiger partial charge in [-0.2, -0.15) is 0 Å². The van der Waals surface area contributed by atoms with Crippen LogP contribution in [-0.4, -0.2) is 32.7 Å². The van der Waals surface area contributed by atoms with Gasteiger partial charge in [-0.05, 0) is 37.8 Å². The number of hydrogen-bond donors (Lipinski definition) is 0. The van der Waals surface area contributed by atoms with Crippen LogP contribution in [0.15, 0.2) is 39.3 Å². The molecule has 2 heterocycles. The van der Waals surface area contributed by atoms with Crippen LogP contribution in [0.4, 0.5) is 0 Å². The maximum Gasteiger partial charge on any atom is 0.276 e. The second-order valence-corrected chi connectivity index (χ2v) is 6.97. The number of rotatable bonds is 5. The van der Waals surface area contributed by atoms with Crippen molar-refractivity contribution in [3.63, 3.8) is 0 Å². The van der Waals surface area contributed by atoms with E-state index in [0.717, 1.165) is 36.1 Å². The smallest absolute Gasteiger partial charge is 0.276 e. The number of carbonyl (C=O) groups excluding carboxylic acids is 1. The Morgan fingerprint density at radius 2 is 2.07 bits per heavy atom. The van der Waals surface area contributed by atoms with Crippen molar-refractivity contribution in [2.45, 2.75) is 39.7 Å². The topological polar surface area (TPSA) is 85.3 Å². The molecular weight excluding hydrogens is 344 g/mol. The van der Waals surface area contributed by atoms with Crippen molar-refractivity contribution in [2.24, 2.45) is 5.92 Å². The van der Waals surface area contributed by atoms with Crippen molar-refractivity contribution < 1.29 is 13.7 Å². The van der Waals surface area contributed by atoms with Gasteiger partial charge in [0.1, 0.15) is 5.76 Å². The van der Waals surface area contributed by atoms with Crippen LogP contribution in [0.5, 0.6) is 0 Å². The van der Waals surface area contributed by atoms with Gasteiger partial charge >= 0.3 is 0 Å². The molecule has 2 aromatic heterocycles. The molecular formula is C20H22N4O3. The molecule has 0 spiro atoms. The summed E-state index contributed by atoms with van der Waals surface area (Å²) >= 11 is 0. The minimum Gasteiger partial charge on any atom is -0.419 e. The second kappa shape index (κ2) is 7.34. The Morgan fingerprint density at radius 1 is 1.26 bits per heavy atom. The first-order valence-electron chi connectivity index (χ1n) is 9.30. The molecule has 1 atom stereocenters. The van der Waals surface area contributed by atoms with E-state index in [0.29, 0.717) is 29.9 Å². The fraction of sp³-hybridized carbons (Fsp3) is 0.400. The van der Waals surface area contributed by atoms with E-state index in [1.165, 1.54) is 0 Å². The predicted octanol–water partition coefficient (Wildman–Crippen LogP) is 3.51. The van der Waals surface area contributed by atoms with Gasteiger partial charge in [-0.15, -0.1) is 10.2 Å². The minimum absolute atomic E-state index is 0.156. The number of hydrogen-bond acceptors (Lipinski definition) is 6. The fourth-order valence-corrected chi connectivity index (χ4v) is 3.40. The molecule has 140 valence electrons. The number of benzene rings is 1. The maximum absolute atomic E-state index is 13.0. The highest BCUT2D eigenvalue weighted by Crippen LogP contribution is 2.28. The number of aryl methyl sites for hydroxylation is 1. The Hall–Kier alpha value is -2.96. The Balaban J connectivity index is 1.52. The van der Waals surface area contributed by atoms with Gasteiger partial charge in [0, 0.05) is 24.1 Å². The van der Waals surface area contributed by atoms with Crippen molar-refractivity contribution in [1.82, 2.24) is 20.3 Å². The summed E-state index contributed by atoms with van der Waals surface area (Å²) in [5.74, 6) is 2.06. The van der Waals surface area contributed by atoms with E-state index < -0.39 is 0 Å². The van der Waals surface area contributed by atoms with Crippen molar-refractivity contribution in [2.75, 3.05) is 6.54 Å². The minimum atomic E-state index is -0.156. The highest BCUT2D eigenvalue weighted by molar-refractivity contribution is 5.93. The van der Waals surface area contributed by atoms with E-state index in [9.17, 15) is 4.79 Å². The summed E-state index contributed by atoms with van der Waals surface area (Å²) in [7, 11) is 0. The molecule has 0 saturated carbocycles. The molecule has 7 heteroatoms. The number of fused-ring (bicyclic) bond motifs is 1. The SMILES string of the molecule is CCN(Cc1nnc(-c2ccccc2)o1)C(=O)c1noc2c1CC(C)CC2. The Kier molecular flexibility index (Phi) is 4.75. The molecule has 1 aromatic carbocycles. The Bertz CT molecular complexity index is 932. The number of carbonyl (C=O) groups is 1. The summed E-state index contributed by atoms with van der Waals surface area (Å²) in [6, 6.07) is 9.56. The lowest BCUT2D eigenvalue weighted by Gasteiger charge is -2.20. The van der Waals surface area contributed by atoms with Gasteiger partial charge in [0.25, 0.3) is 5.91 Å². The first kappa shape index (κ1) is 17.5. The van der Waals surface area contributed by atoms with Crippen LogP contribution in [0.1, 0.15) is 48.0 Å². The van der Waals surface area contributed by atoms with Gasteiger partial charge < -0.3 is 13.8 Å². The van der Waals surface area contributed by atoms with Crippen LogP contribution < -0.4 is 0 Å². The highest BCUT2D eigenvalue weighted by Gasteiger charge is 2.29. The summed E-state index contributed by atoms with van der Waals surface area (Å²) in [5, 5.41) is 12.2. The summed E-state index contributed by atoms with van der Waals surface area (Å²) in [6.07, 6.45) is 2.74. The second-order valence-electron chi connectivity index (χ2n) is 6.97. The van der Waals surface area contributed by atoms with Gasteiger partial charge in [-0.3, -0.25) is 4.79 Å². The molecule has 0 aliphatic heterocycles. The average Bonchev–Trinajstić information content (AvgIpc) is 3.33. The quantitative estimate of drug-likeness (QED) is 0.687. The lowest BCUT2D eigenvalue weighted by atomic mass is 9.88. The lowest BCUT2D eigenvalue weighted by Crippen LogP contribution is -2.31. The Labute approximate surface area is 157 Å². The predicted molar refractivity (Wildman–Crippen MR) is 97.8 cm³/mol. The lowest BCUT2D eigenvalue weighted by molar-refractivity contribution is 0.0727. The van der Waals surface area contributed by atoms with E-state index in [1.807, 2.05) is 37.3 Å². The van der Waals surface area contributed by atoms with Gasteiger partial charge in [-0.1, -0.05) is 30.3 Å². The van der Waals surface area contributed by atoms with Crippen LogP contribution >= 0.6 is 0 Å². The zero-order chi connectivity index (χ0) is 18.8. The maximum atomic E-state index is 13.0. The van der Waals surface area contributed by atoms with Crippen molar-refractivity contribution >= 4 is 5.91 Å². The molecule has 1 amide bonds. The van der Waals surface area contributed by atoms with Crippen molar-refractivity contribution in [3.8, 4) is 11.5 Å².